The molecule has 1 heterocycles. The van der Waals surface area contributed by atoms with Crippen molar-refractivity contribution in [3.05, 3.63) is 45.9 Å². The van der Waals surface area contributed by atoms with Gasteiger partial charge < -0.3 is 10.1 Å². The lowest BCUT2D eigenvalue weighted by Gasteiger charge is -2.07. The minimum Gasteiger partial charge on any atom is -0.475 e. The maximum absolute atomic E-state index is 13.6. The van der Waals surface area contributed by atoms with Gasteiger partial charge in [0.2, 0.25) is 5.91 Å². The Labute approximate surface area is 131 Å². The topological polar surface area (TPSA) is 99.3 Å². The van der Waals surface area contributed by atoms with E-state index in [2.05, 4.69) is 10.4 Å². The van der Waals surface area contributed by atoms with Crippen molar-refractivity contribution < 1.29 is 18.8 Å². The number of carbonyl (C=O) groups excluding carboxylic acids is 1. The predicted octanol–water partition coefficient (Wildman–Crippen LogP) is 2.28. The van der Waals surface area contributed by atoms with E-state index >= 15 is 0 Å². The van der Waals surface area contributed by atoms with Gasteiger partial charge in [0.05, 0.1) is 24.3 Å². The van der Waals surface area contributed by atoms with Gasteiger partial charge in [-0.3, -0.25) is 19.6 Å². The van der Waals surface area contributed by atoms with Crippen molar-refractivity contribution in [3.63, 3.8) is 0 Å². The van der Waals surface area contributed by atoms with E-state index in [9.17, 15) is 19.3 Å². The first-order valence-corrected chi connectivity index (χ1v) is 6.72. The molecule has 0 bridgehead atoms. The lowest BCUT2D eigenvalue weighted by molar-refractivity contribution is -0.385. The fourth-order valence-corrected chi connectivity index (χ4v) is 1.94. The fraction of sp³-hybridized carbons (Fsp3) is 0.286. The number of carbonyl (C=O) groups is 1. The highest BCUT2D eigenvalue weighted by Gasteiger charge is 2.20. The van der Waals surface area contributed by atoms with Gasteiger partial charge in [-0.15, -0.1) is 5.10 Å². The van der Waals surface area contributed by atoms with Crippen LogP contribution in [0.25, 0.3) is 0 Å². The number of hydrogen-bond acceptors (Lipinski definition) is 5. The van der Waals surface area contributed by atoms with Crippen molar-refractivity contribution in [2.75, 3.05) is 12.4 Å². The van der Waals surface area contributed by atoms with Crippen LogP contribution in [0, 0.1) is 22.9 Å². The van der Waals surface area contributed by atoms with Crippen LogP contribution in [0.15, 0.2) is 24.4 Å². The minimum atomic E-state index is -0.621. The van der Waals surface area contributed by atoms with Gasteiger partial charge in [-0.05, 0) is 24.6 Å². The molecule has 0 aliphatic rings. The molecule has 0 aliphatic carbocycles. The number of benzene rings is 1. The summed E-state index contributed by atoms with van der Waals surface area (Å²) in [5.41, 5.74) is 0.630. The highest BCUT2D eigenvalue weighted by Crippen LogP contribution is 2.24. The second kappa shape index (κ2) is 6.86. The molecule has 0 saturated carbocycles. The average Bonchev–Trinajstić information content (AvgIpc) is 2.92. The maximum atomic E-state index is 13.6. The quantitative estimate of drug-likeness (QED) is 0.649. The van der Waals surface area contributed by atoms with E-state index in [1.165, 1.54) is 30.1 Å². The van der Waals surface area contributed by atoms with Crippen molar-refractivity contribution in [3.8, 4) is 5.88 Å². The van der Waals surface area contributed by atoms with Crippen LogP contribution in [-0.4, -0.2) is 27.7 Å². The third kappa shape index (κ3) is 4.02. The average molecular weight is 322 g/mol. The molecule has 0 unspecified atom stereocenters. The van der Waals surface area contributed by atoms with Crippen LogP contribution in [0.5, 0.6) is 5.88 Å². The largest absolute Gasteiger partial charge is 0.475 e. The summed E-state index contributed by atoms with van der Waals surface area (Å²) in [4.78, 5) is 22.0. The SMILES string of the molecule is COc1nn(CCC(=O)Nc2cc(C)ccc2F)cc1[N+](=O)[O-]. The molecule has 0 atom stereocenters. The molecular weight excluding hydrogens is 307 g/mol. The Kier molecular flexibility index (Phi) is 4.89. The monoisotopic (exact) mass is 322 g/mol. The van der Waals surface area contributed by atoms with Crippen LogP contribution in [0.1, 0.15) is 12.0 Å². The van der Waals surface area contributed by atoms with E-state index in [1.54, 1.807) is 13.0 Å². The molecule has 0 saturated heterocycles. The summed E-state index contributed by atoms with van der Waals surface area (Å²) in [5, 5.41) is 17.1. The summed E-state index contributed by atoms with van der Waals surface area (Å²) in [5.74, 6) is -1.08. The Hall–Kier alpha value is -2.97. The van der Waals surface area contributed by atoms with Crippen LogP contribution < -0.4 is 10.1 Å². The molecule has 9 heteroatoms. The van der Waals surface area contributed by atoms with Gasteiger partial charge >= 0.3 is 11.6 Å². The molecule has 0 radical (unpaired) electrons. The summed E-state index contributed by atoms with van der Waals surface area (Å²) in [6.45, 7) is 1.88. The summed E-state index contributed by atoms with van der Waals surface area (Å²) in [7, 11) is 1.27. The fourth-order valence-electron chi connectivity index (χ4n) is 1.94. The van der Waals surface area contributed by atoms with E-state index in [0.717, 1.165) is 5.56 Å². The molecule has 23 heavy (non-hydrogen) atoms. The van der Waals surface area contributed by atoms with Crippen LogP contribution >= 0.6 is 0 Å². The number of nitrogens with one attached hydrogen (secondary N) is 1. The van der Waals surface area contributed by atoms with Gasteiger partial charge in [0.15, 0.2) is 0 Å². The third-order valence-electron chi connectivity index (χ3n) is 3.06. The molecule has 2 rings (SSSR count). The van der Waals surface area contributed by atoms with Gasteiger partial charge in [-0.25, -0.2) is 4.39 Å². The zero-order chi connectivity index (χ0) is 17.0. The lowest BCUT2D eigenvalue weighted by atomic mass is 10.2. The van der Waals surface area contributed by atoms with Crippen LogP contribution in [0.2, 0.25) is 0 Å². The molecule has 2 aromatic rings. The molecule has 8 nitrogen and oxygen atoms in total. The highest BCUT2D eigenvalue weighted by atomic mass is 19.1. The molecule has 1 aromatic carbocycles. The zero-order valence-corrected chi connectivity index (χ0v) is 12.6. The number of hydrogen-bond donors (Lipinski definition) is 1. The Balaban J connectivity index is 1.99. The van der Waals surface area contributed by atoms with E-state index in [-0.39, 0.29) is 30.2 Å². The lowest BCUT2D eigenvalue weighted by Crippen LogP contribution is -2.15. The van der Waals surface area contributed by atoms with Gasteiger partial charge in [0, 0.05) is 6.42 Å². The number of nitro groups is 1. The Morgan fingerprint density at radius 2 is 2.26 bits per heavy atom. The summed E-state index contributed by atoms with van der Waals surface area (Å²) in [6, 6.07) is 4.39. The van der Waals surface area contributed by atoms with Crippen molar-refractivity contribution in [1.82, 2.24) is 9.78 Å². The molecule has 122 valence electrons. The van der Waals surface area contributed by atoms with E-state index < -0.39 is 16.6 Å². The summed E-state index contributed by atoms with van der Waals surface area (Å²) in [6.07, 6.45) is 1.16. The number of amides is 1. The predicted molar refractivity (Wildman–Crippen MR) is 79.8 cm³/mol. The third-order valence-corrected chi connectivity index (χ3v) is 3.06. The van der Waals surface area contributed by atoms with Crippen LogP contribution in [0.3, 0.4) is 0 Å². The molecule has 0 aliphatic heterocycles. The molecular formula is C14H15FN4O4. The van der Waals surface area contributed by atoms with Gasteiger partial charge in [0.25, 0.3) is 0 Å². The number of anilines is 1. The van der Waals surface area contributed by atoms with Crippen molar-refractivity contribution in [1.29, 1.82) is 0 Å². The number of aryl methyl sites for hydroxylation is 2. The number of aromatic nitrogens is 2. The molecule has 1 N–H and O–H groups in total. The first-order chi connectivity index (χ1) is 10.9. The van der Waals surface area contributed by atoms with Crippen LogP contribution in [-0.2, 0) is 11.3 Å². The first-order valence-electron chi connectivity index (χ1n) is 6.72. The second-order valence-electron chi connectivity index (χ2n) is 4.83. The summed E-state index contributed by atoms with van der Waals surface area (Å²) >= 11 is 0. The van der Waals surface area contributed by atoms with Crippen molar-refractivity contribution in [2.45, 2.75) is 19.9 Å². The molecule has 1 amide bonds. The van der Waals surface area contributed by atoms with Gasteiger partial charge in [-0.2, -0.15) is 0 Å². The van der Waals surface area contributed by atoms with E-state index in [1.807, 2.05) is 0 Å². The molecule has 0 spiro atoms. The molecule has 1 aromatic heterocycles. The highest BCUT2D eigenvalue weighted by molar-refractivity contribution is 5.90. The Morgan fingerprint density at radius 3 is 2.87 bits per heavy atom. The summed E-state index contributed by atoms with van der Waals surface area (Å²) < 4.78 is 19.6. The molecule has 0 fully saturated rings. The van der Waals surface area contributed by atoms with Crippen molar-refractivity contribution in [2.24, 2.45) is 0 Å². The number of methoxy groups -OCH3 is 1. The first kappa shape index (κ1) is 16.4. The number of ether oxygens (including phenoxy) is 1. The number of rotatable bonds is 6. The smallest absolute Gasteiger partial charge is 0.350 e. The maximum Gasteiger partial charge on any atom is 0.350 e. The Bertz CT molecular complexity index is 744. The second-order valence-corrected chi connectivity index (χ2v) is 4.83. The zero-order valence-electron chi connectivity index (χ0n) is 12.6. The van der Waals surface area contributed by atoms with Gasteiger partial charge in [-0.1, -0.05) is 6.07 Å². The van der Waals surface area contributed by atoms with E-state index in [0.29, 0.717) is 0 Å². The van der Waals surface area contributed by atoms with Crippen LogP contribution in [0.4, 0.5) is 15.8 Å². The van der Waals surface area contributed by atoms with E-state index in [4.69, 9.17) is 4.74 Å². The normalized spacial score (nSPS) is 10.4. The number of halogens is 1. The standard InChI is InChI=1S/C14H15FN4O4/c1-9-3-4-10(15)11(7-9)16-13(20)5-6-18-8-12(19(21)22)14(17-18)23-2/h3-4,7-8H,5-6H2,1-2H3,(H,16,20). The van der Waals surface area contributed by atoms with Crippen molar-refractivity contribution >= 4 is 17.3 Å². The number of nitrogens with zero attached hydrogens (tertiary/aromatic N) is 3. The Morgan fingerprint density at radius 1 is 1.52 bits per heavy atom. The minimum absolute atomic E-state index is 0.0185. The van der Waals surface area contributed by atoms with Gasteiger partial charge in [0.1, 0.15) is 12.0 Å².